The summed E-state index contributed by atoms with van der Waals surface area (Å²) in [5.74, 6) is 0.234. The van der Waals surface area contributed by atoms with Crippen molar-refractivity contribution in [3.05, 3.63) is 35.4 Å². The highest BCUT2D eigenvalue weighted by molar-refractivity contribution is 5.76. The van der Waals surface area contributed by atoms with Crippen molar-refractivity contribution in [2.24, 2.45) is 5.73 Å². The Bertz CT molecular complexity index is 459. The second-order valence-corrected chi connectivity index (χ2v) is 6.84. The van der Waals surface area contributed by atoms with E-state index in [2.05, 4.69) is 45.0 Å². The van der Waals surface area contributed by atoms with Gasteiger partial charge in [0.25, 0.3) is 0 Å². The Hall–Kier alpha value is -1.35. The molecule has 1 aromatic rings. The standard InChI is InChI=1S/C17H26N2O/c1-17(2,3)14-7-4-13(5-8-14)6-9-16(20)19-11-10-15(18)12-19/h4-5,7-8,15H,6,9-12,18H2,1-3H3/t15-/m1/s1. The summed E-state index contributed by atoms with van der Waals surface area (Å²) in [5, 5.41) is 0. The summed E-state index contributed by atoms with van der Waals surface area (Å²) in [6, 6.07) is 8.80. The highest BCUT2D eigenvalue weighted by atomic mass is 16.2. The summed E-state index contributed by atoms with van der Waals surface area (Å²) in [7, 11) is 0. The van der Waals surface area contributed by atoms with Crippen molar-refractivity contribution in [1.82, 2.24) is 4.90 Å². The topological polar surface area (TPSA) is 46.3 Å². The Morgan fingerprint density at radius 1 is 1.30 bits per heavy atom. The lowest BCUT2D eigenvalue weighted by molar-refractivity contribution is -0.130. The molecule has 1 heterocycles. The highest BCUT2D eigenvalue weighted by Gasteiger charge is 2.23. The van der Waals surface area contributed by atoms with Crippen molar-refractivity contribution in [2.75, 3.05) is 13.1 Å². The molecule has 1 aromatic carbocycles. The van der Waals surface area contributed by atoms with E-state index >= 15 is 0 Å². The van der Waals surface area contributed by atoms with Crippen LogP contribution in [-0.2, 0) is 16.6 Å². The van der Waals surface area contributed by atoms with Crippen LogP contribution in [0.5, 0.6) is 0 Å². The molecule has 1 amide bonds. The minimum Gasteiger partial charge on any atom is -0.341 e. The fraction of sp³-hybridized carbons (Fsp3) is 0.588. The zero-order valence-corrected chi connectivity index (χ0v) is 12.9. The number of carbonyl (C=O) groups excluding carboxylic acids is 1. The summed E-state index contributed by atoms with van der Waals surface area (Å²) in [4.78, 5) is 14.0. The number of hydrogen-bond donors (Lipinski definition) is 1. The molecular weight excluding hydrogens is 248 g/mol. The van der Waals surface area contributed by atoms with Crippen LogP contribution in [0.25, 0.3) is 0 Å². The smallest absolute Gasteiger partial charge is 0.222 e. The van der Waals surface area contributed by atoms with Gasteiger partial charge in [0, 0.05) is 25.6 Å². The van der Waals surface area contributed by atoms with Crippen molar-refractivity contribution >= 4 is 5.91 Å². The normalized spacial score (nSPS) is 19.4. The van der Waals surface area contributed by atoms with Crippen LogP contribution in [-0.4, -0.2) is 29.9 Å². The molecule has 20 heavy (non-hydrogen) atoms. The number of benzene rings is 1. The van der Waals surface area contributed by atoms with Gasteiger partial charge in [0.15, 0.2) is 0 Å². The van der Waals surface area contributed by atoms with E-state index in [4.69, 9.17) is 5.73 Å². The van der Waals surface area contributed by atoms with E-state index in [1.54, 1.807) is 0 Å². The molecule has 0 saturated carbocycles. The molecule has 2 N–H and O–H groups in total. The maximum atomic E-state index is 12.1. The summed E-state index contributed by atoms with van der Waals surface area (Å²) >= 11 is 0. The molecule has 3 heteroatoms. The molecule has 0 bridgehead atoms. The Morgan fingerprint density at radius 2 is 1.95 bits per heavy atom. The number of aryl methyl sites for hydroxylation is 1. The molecule has 1 aliphatic heterocycles. The van der Waals surface area contributed by atoms with E-state index < -0.39 is 0 Å². The molecule has 1 saturated heterocycles. The number of hydrogen-bond acceptors (Lipinski definition) is 2. The zero-order valence-electron chi connectivity index (χ0n) is 12.9. The first-order chi connectivity index (χ1) is 9.36. The number of amides is 1. The Morgan fingerprint density at radius 3 is 2.45 bits per heavy atom. The minimum atomic E-state index is 0.171. The van der Waals surface area contributed by atoms with Crippen LogP contribution in [0.4, 0.5) is 0 Å². The maximum Gasteiger partial charge on any atom is 0.222 e. The molecule has 0 spiro atoms. The first-order valence-electron chi connectivity index (χ1n) is 7.49. The lowest BCUT2D eigenvalue weighted by Crippen LogP contribution is -2.31. The van der Waals surface area contributed by atoms with E-state index in [1.807, 2.05) is 4.90 Å². The first-order valence-corrected chi connectivity index (χ1v) is 7.49. The molecular formula is C17H26N2O. The number of likely N-dealkylation sites (tertiary alicyclic amines) is 1. The van der Waals surface area contributed by atoms with Crippen LogP contribution in [0.15, 0.2) is 24.3 Å². The van der Waals surface area contributed by atoms with Gasteiger partial charge in [-0.25, -0.2) is 0 Å². The van der Waals surface area contributed by atoms with E-state index in [0.717, 1.165) is 25.9 Å². The highest BCUT2D eigenvalue weighted by Crippen LogP contribution is 2.22. The summed E-state index contributed by atoms with van der Waals surface area (Å²) in [6.45, 7) is 8.18. The van der Waals surface area contributed by atoms with Crippen molar-refractivity contribution in [2.45, 2.75) is 51.5 Å². The third kappa shape index (κ3) is 3.83. The average Bonchev–Trinajstić information content (AvgIpc) is 2.82. The van der Waals surface area contributed by atoms with Gasteiger partial charge < -0.3 is 10.6 Å². The minimum absolute atomic E-state index is 0.171. The molecule has 0 unspecified atom stereocenters. The van der Waals surface area contributed by atoms with Gasteiger partial charge in [-0.3, -0.25) is 4.79 Å². The summed E-state index contributed by atoms with van der Waals surface area (Å²) < 4.78 is 0. The zero-order chi connectivity index (χ0) is 14.8. The number of rotatable bonds is 3. The second-order valence-electron chi connectivity index (χ2n) is 6.84. The third-order valence-corrected chi connectivity index (χ3v) is 4.02. The van der Waals surface area contributed by atoms with Gasteiger partial charge in [-0.1, -0.05) is 45.0 Å². The van der Waals surface area contributed by atoms with E-state index in [1.165, 1.54) is 11.1 Å². The number of nitrogens with zero attached hydrogens (tertiary/aromatic N) is 1. The molecule has 3 nitrogen and oxygen atoms in total. The molecule has 110 valence electrons. The quantitative estimate of drug-likeness (QED) is 0.920. The van der Waals surface area contributed by atoms with E-state index in [9.17, 15) is 4.79 Å². The SMILES string of the molecule is CC(C)(C)c1ccc(CCC(=O)N2CC[C@@H](N)C2)cc1. The molecule has 0 aromatic heterocycles. The van der Waals surface area contributed by atoms with Gasteiger partial charge in [-0.05, 0) is 29.4 Å². The molecule has 1 atom stereocenters. The van der Waals surface area contributed by atoms with Crippen molar-refractivity contribution in [3.63, 3.8) is 0 Å². The van der Waals surface area contributed by atoms with Crippen molar-refractivity contribution in [3.8, 4) is 0 Å². The predicted molar refractivity (Wildman–Crippen MR) is 82.6 cm³/mol. The fourth-order valence-electron chi connectivity index (χ4n) is 2.59. The molecule has 1 aliphatic rings. The lowest BCUT2D eigenvalue weighted by atomic mass is 9.86. The van der Waals surface area contributed by atoms with Gasteiger partial charge in [-0.15, -0.1) is 0 Å². The van der Waals surface area contributed by atoms with Gasteiger partial charge in [0.05, 0.1) is 0 Å². The Balaban J connectivity index is 1.86. The van der Waals surface area contributed by atoms with Crippen LogP contribution in [0.3, 0.4) is 0 Å². The molecule has 2 rings (SSSR count). The van der Waals surface area contributed by atoms with Gasteiger partial charge in [-0.2, -0.15) is 0 Å². The summed E-state index contributed by atoms with van der Waals surface area (Å²) in [6.07, 6.45) is 2.34. The van der Waals surface area contributed by atoms with Crippen LogP contribution in [0.2, 0.25) is 0 Å². The third-order valence-electron chi connectivity index (χ3n) is 4.02. The molecule has 0 aliphatic carbocycles. The van der Waals surface area contributed by atoms with Gasteiger partial charge in [0.2, 0.25) is 5.91 Å². The lowest BCUT2D eigenvalue weighted by Gasteiger charge is -2.19. The molecule has 1 fully saturated rings. The van der Waals surface area contributed by atoms with Gasteiger partial charge >= 0.3 is 0 Å². The fourth-order valence-corrected chi connectivity index (χ4v) is 2.59. The number of nitrogens with two attached hydrogens (primary N) is 1. The summed E-state index contributed by atoms with van der Waals surface area (Å²) in [5.41, 5.74) is 8.58. The van der Waals surface area contributed by atoms with E-state index in [-0.39, 0.29) is 17.4 Å². The first kappa shape index (κ1) is 15.0. The largest absolute Gasteiger partial charge is 0.341 e. The Kier molecular flexibility index (Phi) is 4.48. The Labute approximate surface area is 122 Å². The van der Waals surface area contributed by atoms with Crippen molar-refractivity contribution in [1.29, 1.82) is 0 Å². The van der Waals surface area contributed by atoms with Crippen molar-refractivity contribution < 1.29 is 4.79 Å². The van der Waals surface area contributed by atoms with Crippen LogP contribution < -0.4 is 5.73 Å². The number of carbonyl (C=O) groups is 1. The monoisotopic (exact) mass is 274 g/mol. The molecule has 0 radical (unpaired) electrons. The van der Waals surface area contributed by atoms with Crippen LogP contribution in [0, 0.1) is 0 Å². The second kappa shape index (κ2) is 5.96. The van der Waals surface area contributed by atoms with Crippen LogP contribution in [0.1, 0.15) is 44.7 Å². The maximum absolute atomic E-state index is 12.1. The van der Waals surface area contributed by atoms with E-state index in [0.29, 0.717) is 6.42 Å². The van der Waals surface area contributed by atoms with Crippen LogP contribution >= 0.6 is 0 Å². The predicted octanol–water partition coefficient (Wildman–Crippen LogP) is 2.48. The van der Waals surface area contributed by atoms with Gasteiger partial charge in [0.1, 0.15) is 0 Å². The average molecular weight is 274 g/mol.